The molecule has 0 spiro atoms. The number of likely N-dealkylation sites (tertiary alicyclic amines) is 1. The quantitative estimate of drug-likeness (QED) is 0.817. The van der Waals surface area contributed by atoms with Crippen molar-refractivity contribution in [3.05, 3.63) is 0 Å². The molecule has 1 saturated heterocycles. The fourth-order valence-electron chi connectivity index (χ4n) is 4.45. The van der Waals surface area contributed by atoms with Gasteiger partial charge in [-0.3, -0.25) is 4.90 Å². The summed E-state index contributed by atoms with van der Waals surface area (Å²) in [4.78, 5) is 5.18. The van der Waals surface area contributed by atoms with Gasteiger partial charge in [0.1, 0.15) is 0 Å². The highest BCUT2D eigenvalue weighted by molar-refractivity contribution is 4.95. The van der Waals surface area contributed by atoms with E-state index in [1.165, 1.54) is 70.9 Å². The van der Waals surface area contributed by atoms with E-state index in [-0.39, 0.29) is 0 Å². The van der Waals surface area contributed by atoms with E-state index in [9.17, 15) is 0 Å². The van der Waals surface area contributed by atoms with Crippen LogP contribution in [-0.2, 0) is 0 Å². The van der Waals surface area contributed by atoms with Crippen molar-refractivity contribution in [1.82, 2.24) is 9.80 Å². The van der Waals surface area contributed by atoms with Crippen LogP contribution in [0.25, 0.3) is 0 Å². The Hall–Kier alpha value is -0.120. The smallest absolute Gasteiger partial charge is 0.0328 e. The van der Waals surface area contributed by atoms with Gasteiger partial charge in [-0.2, -0.15) is 0 Å². The molecule has 1 aliphatic carbocycles. The van der Waals surface area contributed by atoms with Crippen LogP contribution in [0.5, 0.6) is 0 Å². The topological polar surface area (TPSA) is 32.5 Å². The summed E-state index contributed by atoms with van der Waals surface area (Å²) in [6.07, 6.45) is 12.2. The highest BCUT2D eigenvalue weighted by Crippen LogP contribution is 2.36. The molecule has 0 aromatic rings. The minimum absolute atomic E-state index is 0.291. The standard InChI is InChI=1S/C18H37N3/c1-4-16-8-11-18(15-19,12-9-16)21(3)14-10-17-7-5-6-13-20(17)2/h16-17H,4-15,19H2,1-3H3. The number of rotatable bonds is 6. The predicted molar refractivity (Wildman–Crippen MR) is 91.6 cm³/mol. The fraction of sp³-hybridized carbons (Fsp3) is 1.00. The molecule has 2 rings (SSSR count). The first-order valence-electron chi connectivity index (χ1n) is 9.23. The van der Waals surface area contributed by atoms with Gasteiger partial charge in [0.15, 0.2) is 0 Å². The highest BCUT2D eigenvalue weighted by atomic mass is 15.2. The Balaban J connectivity index is 1.84. The van der Waals surface area contributed by atoms with Gasteiger partial charge in [-0.1, -0.05) is 19.8 Å². The molecule has 1 unspecified atom stereocenters. The van der Waals surface area contributed by atoms with Crippen molar-refractivity contribution in [1.29, 1.82) is 0 Å². The van der Waals surface area contributed by atoms with E-state index in [1.807, 2.05) is 0 Å². The Morgan fingerprint density at radius 3 is 2.48 bits per heavy atom. The van der Waals surface area contributed by atoms with Crippen molar-refractivity contribution < 1.29 is 0 Å². The summed E-state index contributed by atoms with van der Waals surface area (Å²) in [7, 11) is 4.62. The Bertz CT molecular complexity index is 297. The lowest BCUT2D eigenvalue weighted by atomic mass is 9.74. The largest absolute Gasteiger partial charge is 0.329 e. The lowest BCUT2D eigenvalue weighted by Crippen LogP contribution is -2.55. The van der Waals surface area contributed by atoms with E-state index >= 15 is 0 Å². The number of piperidine rings is 1. The van der Waals surface area contributed by atoms with Gasteiger partial charge in [-0.05, 0) is 78.0 Å². The maximum absolute atomic E-state index is 6.21. The second-order valence-electron chi connectivity index (χ2n) is 7.62. The molecule has 3 heteroatoms. The third-order valence-corrected chi connectivity index (χ3v) is 6.52. The van der Waals surface area contributed by atoms with Crippen molar-refractivity contribution in [2.75, 3.05) is 33.7 Å². The van der Waals surface area contributed by atoms with Crippen LogP contribution in [0, 0.1) is 5.92 Å². The number of nitrogens with two attached hydrogens (primary N) is 1. The third-order valence-electron chi connectivity index (χ3n) is 6.52. The molecule has 2 fully saturated rings. The van der Waals surface area contributed by atoms with Crippen LogP contribution in [0.3, 0.4) is 0 Å². The molecule has 1 atom stereocenters. The van der Waals surface area contributed by atoms with Crippen LogP contribution < -0.4 is 5.73 Å². The maximum atomic E-state index is 6.21. The van der Waals surface area contributed by atoms with Crippen LogP contribution in [0.4, 0.5) is 0 Å². The van der Waals surface area contributed by atoms with Gasteiger partial charge in [0.25, 0.3) is 0 Å². The van der Waals surface area contributed by atoms with Gasteiger partial charge >= 0.3 is 0 Å². The summed E-state index contributed by atoms with van der Waals surface area (Å²) < 4.78 is 0. The summed E-state index contributed by atoms with van der Waals surface area (Å²) in [5.74, 6) is 0.947. The number of hydrogen-bond donors (Lipinski definition) is 1. The molecule has 0 amide bonds. The molecule has 0 radical (unpaired) electrons. The molecule has 2 N–H and O–H groups in total. The maximum Gasteiger partial charge on any atom is 0.0328 e. The normalized spacial score (nSPS) is 35.3. The first-order valence-corrected chi connectivity index (χ1v) is 9.23. The summed E-state index contributed by atoms with van der Waals surface area (Å²) in [6.45, 7) is 5.67. The number of likely N-dealkylation sites (N-methyl/N-ethyl adjacent to an activating group) is 1. The average molecular weight is 296 g/mol. The predicted octanol–water partition coefficient (Wildman–Crippen LogP) is 3.09. The SMILES string of the molecule is CCC1CCC(CN)(N(C)CCC2CCCCN2C)CC1. The third kappa shape index (κ3) is 4.20. The second kappa shape index (κ2) is 7.94. The van der Waals surface area contributed by atoms with Crippen LogP contribution in [0.1, 0.15) is 64.7 Å². The van der Waals surface area contributed by atoms with Gasteiger partial charge < -0.3 is 10.6 Å². The van der Waals surface area contributed by atoms with E-state index in [2.05, 4.69) is 30.8 Å². The lowest BCUT2D eigenvalue weighted by molar-refractivity contribution is 0.0526. The Morgan fingerprint density at radius 1 is 1.19 bits per heavy atom. The minimum Gasteiger partial charge on any atom is -0.329 e. The van der Waals surface area contributed by atoms with Crippen molar-refractivity contribution in [3.63, 3.8) is 0 Å². The summed E-state index contributed by atoms with van der Waals surface area (Å²) in [5.41, 5.74) is 6.50. The van der Waals surface area contributed by atoms with Crippen molar-refractivity contribution in [2.45, 2.75) is 76.3 Å². The molecule has 1 heterocycles. The van der Waals surface area contributed by atoms with Crippen molar-refractivity contribution >= 4 is 0 Å². The van der Waals surface area contributed by atoms with E-state index < -0.39 is 0 Å². The van der Waals surface area contributed by atoms with Gasteiger partial charge in [0, 0.05) is 18.1 Å². The molecule has 21 heavy (non-hydrogen) atoms. The van der Waals surface area contributed by atoms with E-state index in [0.717, 1.165) is 18.5 Å². The molecule has 1 saturated carbocycles. The number of hydrogen-bond acceptors (Lipinski definition) is 3. The summed E-state index contributed by atoms with van der Waals surface area (Å²) in [6, 6.07) is 0.794. The van der Waals surface area contributed by atoms with Gasteiger partial charge in [0.05, 0.1) is 0 Å². The number of nitrogens with zero attached hydrogens (tertiary/aromatic N) is 2. The molecule has 0 aromatic heterocycles. The molecule has 0 bridgehead atoms. The van der Waals surface area contributed by atoms with Gasteiger partial charge in [-0.25, -0.2) is 0 Å². The summed E-state index contributed by atoms with van der Waals surface area (Å²) >= 11 is 0. The van der Waals surface area contributed by atoms with Crippen molar-refractivity contribution in [2.24, 2.45) is 11.7 Å². The molecule has 124 valence electrons. The Labute approximate surface area is 132 Å². The Morgan fingerprint density at radius 2 is 1.90 bits per heavy atom. The van der Waals surface area contributed by atoms with Crippen molar-refractivity contribution in [3.8, 4) is 0 Å². The fourth-order valence-corrected chi connectivity index (χ4v) is 4.45. The van der Waals surface area contributed by atoms with E-state index in [4.69, 9.17) is 5.73 Å². The van der Waals surface area contributed by atoms with Gasteiger partial charge in [0.2, 0.25) is 0 Å². The molecular formula is C18H37N3. The van der Waals surface area contributed by atoms with E-state index in [1.54, 1.807) is 0 Å². The minimum atomic E-state index is 0.291. The van der Waals surface area contributed by atoms with E-state index in [0.29, 0.717) is 5.54 Å². The van der Waals surface area contributed by atoms with Gasteiger partial charge in [-0.15, -0.1) is 0 Å². The highest BCUT2D eigenvalue weighted by Gasteiger charge is 2.37. The first-order chi connectivity index (χ1) is 10.1. The average Bonchev–Trinajstić information content (AvgIpc) is 2.53. The van der Waals surface area contributed by atoms with Crippen LogP contribution in [0.2, 0.25) is 0 Å². The van der Waals surface area contributed by atoms with Crippen LogP contribution in [0.15, 0.2) is 0 Å². The van der Waals surface area contributed by atoms with Crippen LogP contribution >= 0.6 is 0 Å². The second-order valence-corrected chi connectivity index (χ2v) is 7.62. The zero-order valence-corrected chi connectivity index (χ0v) is 14.6. The molecule has 1 aliphatic heterocycles. The lowest BCUT2D eigenvalue weighted by Gasteiger charge is -2.47. The Kier molecular flexibility index (Phi) is 6.51. The molecule has 0 aromatic carbocycles. The molecule has 2 aliphatic rings. The first kappa shape index (κ1) is 17.2. The molecular weight excluding hydrogens is 258 g/mol. The summed E-state index contributed by atoms with van der Waals surface area (Å²) in [5, 5.41) is 0. The van der Waals surface area contributed by atoms with Crippen LogP contribution in [-0.4, -0.2) is 55.1 Å². The molecule has 3 nitrogen and oxygen atoms in total. The zero-order chi connectivity index (χ0) is 15.3. The monoisotopic (exact) mass is 295 g/mol. The zero-order valence-electron chi connectivity index (χ0n) is 14.6.